The van der Waals surface area contributed by atoms with E-state index in [-0.39, 0.29) is 19.0 Å². The van der Waals surface area contributed by atoms with E-state index in [1.165, 1.54) is 17.4 Å². The average Bonchev–Trinajstić information content (AvgIpc) is 3.41. The van der Waals surface area contributed by atoms with Crippen molar-refractivity contribution in [2.75, 3.05) is 21.0 Å². The molecule has 3 aromatic rings. The third-order valence-corrected chi connectivity index (χ3v) is 5.42. The molecule has 0 aliphatic carbocycles. The van der Waals surface area contributed by atoms with Gasteiger partial charge in [0.15, 0.2) is 23.0 Å². The zero-order valence-corrected chi connectivity index (χ0v) is 17.1. The second-order valence-corrected chi connectivity index (χ2v) is 7.25. The minimum atomic E-state index is -0.522. The lowest BCUT2D eigenvalue weighted by Crippen LogP contribution is -2.05. The van der Waals surface area contributed by atoms with Crippen LogP contribution in [0.2, 0.25) is 5.02 Å². The van der Waals surface area contributed by atoms with E-state index in [2.05, 4.69) is 4.98 Å². The Labute approximate surface area is 175 Å². The number of nitrogens with zero attached hydrogens (tertiary/aromatic N) is 1. The maximum absolute atomic E-state index is 12.4. The molecule has 0 atom stereocenters. The van der Waals surface area contributed by atoms with E-state index < -0.39 is 5.97 Å². The number of carbonyl (C=O) groups is 1. The zero-order chi connectivity index (χ0) is 20.4. The Bertz CT molecular complexity index is 1070. The molecular formula is C20H16ClNO6S. The van der Waals surface area contributed by atoms with E-state index in [0.717, 1.165) is 10.6 Å². The standard InChI is InChI=1S/C20H16ClNO6S/c1-24-15-4-3-11(6-16(15)25-2)19-22-13(9-29-19)8-26-20(23)12-5-14(21)18-17(7-12)27-10-28-18/h3-7,9H,8,10H2,1-2H3. The second-order valence-electron chi connectivity index (χ2n) is 5.98. The van der Waals surface area contributed by atoms with Gasteiger partial charge in [0.1, 0.15) is 11.6 Å². The molecule has 0 N–H and O–H groups in total. The topological polar surface area (TPSA) is 76.1 Å². The van der Waals surface area contributed by atoms with Crippen LogP contribution in [0.1, 0.15) is 16.1 Å². The van der Waals surface area contributed by atoms with Gasteiger partial charge >= 0.3 is 5.97 Å². The van der Waals surface area contributed by atoms with Crippen LogP contribution in [0.3, 0.4) is 0 Å². The largest absolute Gasteiger partial charge is 0.493 e. The molecule has 150 valence electrons. The van der Waals surface area contributed by atoms with Crippen LogP contribution < -0.4 is 18.9 Å². The highest BCUT2D eigenvalue weighted by atomic mass is 35.5. The van der Waals surface area contributed by atoms with Gasteiger partial charge in [-0.1, -0.05) is 11.6 Å². The van der Waals surface area contributed by atoms with Crippen LogP contribution in [-0.4, -0.2) is 32.0 Å². The third-order valence-electron chi connectivity index (χ3n) is 4.20. The Balaban J connectivity index is 1.45. The van der Waals surface area contributed by atoms with E-state index in [1.807, 2.05) is 23.6 Å². The van der Waals surface area contributed by atoms with Gasteiger partial charge in [0, 0.05) is 10.9 Å². The molecule has 0 amide bonds. The molecule has 0 unspecified atom stereocenters. The van der Waals surface area contributed by atoms with Gasteiger partial charge in [-0.25, -0.2) is 9.78 Å². The second kappa shape index (κ2) is 8.18. The van der Waals surface area contributed by atoms with Gasteiger partial charge < -0.3 is 23.7 Å². The summed E-state index contributed by atoms with van der Waals surface area (Å²) in [6.45, 7) is 0.111. The quantitative estimate of drug-likeness (QED) is 0.527. The number of benzene rings is 2. The summed E-state index contributed by atoms with van der Waals surface area (Å²) in [6, 6.07) is 8.60. The summed E-state index contributed by atoms with van der Waals surface area (Å²) in [6.07, 6.45) is 0. The monoisotopic (exact) mass is 433 g/mol. The summed E-state index contributed by atoms with van der Waals surface area (Å²) in [5, 5.41) is 2.92. The molecule has 0 saturated heterocycles. The van der Waals surface area contributed by atoms with E-state index in [0.29, 0.717) is 33.7 Å². The van der Waals surface area contributed by atoms with Crippen molar-refractivity contribution in [3.05, 3.63) is 52.0 Å². The first kappa shape index (κ1) is 19.4. The van der Waals surface area contributed by atoms with Crippen LogP contribution in [0, 0.1) is 0 Å². The number of rotatable bonds is 6. The smallest absolute Gasteiger partial charge is 0.338 e. The van der Waals surface area contributed by atoms with Gasteiger partial charge in [0.05, 0.1) is 30.5 Å². The number of hydrogen-bond acceptors (Lipinski definition) is 8. The fourth-order valence-corrected chi connectivity index (χ4v) is 3.85. The van der Waals surface area contributed by atoms with Gasteiger partial charge in [-0.15, -0.1) is 11.3 Å². The van der Waals surface area contributed by atoms with Crippen molar-refractivity contribution in [1.29, 1.82) is 0 Å². The van der Waals surface area contributed by atoms with Crippen molar-refractivity contribution in [3.8, 4) is 33.6 Å². The molecule has 1 aliphatic rings. The van der Waals surface area contributed by atoms with E-state index >= 15 is 0 Å². The number of aromatic nitrogens is 1. The highest BCUT2D eigenvalue weighted by Gasteiger charge is 2.21. The minimum absolute atomic E-state index is 0.0364. The van der Waals surface area contributed by atoms with E-state index in [9.17, 15) is 4.79 Å². The Morgan fingerprint density at radius 2 is 2.00 bits per heavy atom. The van der Waals surface area contributed by atoms with Crippen molar-refractivity contribution in [3.63, 3.8) is 0 Å². The van der Waals surface area contributed by atoms with Crippen LogP contribution in [0.25, 0.3) is 10.6 Å². The minimum Gasteiger partial charge on any atom is -0.493 e. The predicted octanol–water partition coefficient (Wildman–Crippen LogP) is 4.57. The molecule has 29 heavy (non-hydrogen) atoms. The first-order valence-electron chi connectivity index (χ1n) is 8.52. The molecule has 0 radical (unpaired) electrons. The van der Waals surface area contributed by atoms with Crippen LogP contribution in [0.5, 0.6) is 23.0 Å². The maximum Gasteiger partial charge on any atom is 0.338 e. The highest BCUT2D eigenvalue weighted by molar-refractivity contribution is 7.13. The average molecular weight is 434 g/mol. The summed E-state index contributed by atoms with van der Waals surface area (Å²) >= 11 is 7.56. The molecule has 0 saturated carbocycles. The molecule has 9 heteroatoms. The zero-order valence-electron chi connectivity index (χ0n) is 15.6. The summed E-state index contributed by atoms with van der Waals surface area (Å²) < 4.78 is 26.5. The first-order valence-corrected chi connectivity index (χ1v) is 9.78. The summed E-state index contributed by atoms with van der Waals surface area (Å²) in [7, 11) is 3.16. The fraction of sp³-hybridized carbons (Fsp3) is 0.200. The van der Waals surface area contributed by atoms with Gasteiger partial charge in [-0.3, -0.25) is 0 Å². The van der Waals surface area contributed by atoms with Gasteiger partial charge in [0.2, 0.25) is 6.79 Å². The van der Waals surface area contributed by atoms with Gasteiger partial charge in [0.25, 0.3) is 0 Å². The Morgan fingerprint density at radius 3 is 2.79 bits per heavy atom. The van der Waals surface area contributed by atoms with Crippen molar-refractivity contribution >= 4 is 28.9 Å². The molecule has 1 aliphatic heterocycles. The lowest BCUT2D eigenvalue weighted by molar-refractivity contribution is 0.0468. The number of thiazole rings is 1. The van der Waals surface area contributed by atoms with Crippen molar-refractivity contribution in [2.24, 2.45) is 0 Å². The molecule has 7 nitrogen and oxygen atoms in total. The molecule has 0 fully saturated rings. The van der Waals surface area contributed by atoms with Crippen molar-refractivity contribution in [2.45, 2.75) is 6.61 Å². The van der Waals surface area contributed by atoms with Crippen molar-refractivity contribution < 1.29 is 28.5 Å². The molecular weight excluding hydrogens is 418 g/mol. The van der Waals surface area contributed by atoms with Crippen LogP contribution in [-0.2, 0) is 11.3 Å². The normalized spacial score (nSPS) is 12.0. The lowest BCUT2D eigenvalue weighted by atomic mass is 10.2. The Hall–Kier alpha value is -2.97. The summed E-state index contributed by atoms with van der Waals surface area (Å²) in [4.78, 5) is 16.9. The van der Waals surface area contributed by atoms with Crippen LogP contribution >= 0.6 is 22.9 Å². The van der Waals surface area contributed by atoms with Crippen molar-refractivity contribution in [1.82, 2.24) is 4.98 Å². The number of esters is 1. The number of hydrogen-bond donors (Lipinski definition) is 0. The molecule has 2 heterocycles. The third kappa shape index (κ3) is 3.94. The molecule has 1 aromatic heterocycles. The van der Waals surface area contributed by atoms with E-state index in [1.54, 1.807) is 20.3 Å². The first-order chi connectivity index (χ1) is 14.1. The number of carbonyl (C=O) groups excluding carboxylic acids is 1. The fourth-order valence-electron chi connectivity index (χ4n) is 2.78. The predicted molar refractivity (Wildman–Crippen MR) is 107 cm³/mol. The van der Waals surface area contributed by atoms with Gasteiger partial charge in [-0.05, 0) is 30.3 Å². The lowest BCUT2D eigenvalue weighted by Gasteiger charge is -2.08. The molecule has 2 aromatic carbocycles. The van der Waals surface area contributed by atoms with E-state index in [4.69, 9.17) is 35.3 Å². The number of methoxy groups -OCH3 is 2. The highest BCUT2D eigenvalue weighted by Crippen LogP contribution is 2.40. The SMILES string of the molecule is COc1ccc(-c2nc(COC(=O)c3cc(Cl)c4c(c3)OCO4)cs2)cc1OC. The molecule has 0 bridgehead atoms. The molecule has 0 spiro atoms. The Kier molecular flexibility index (Phi) is 5.46. The maximum atomic E-state index is 12.4. The number of halogens is 1. The van der Waals surface area contributed by atoms with Crippen LogP contribution in [0.4, 0.5) is 0 Å². The Morgan fingerprint density at radius 1 is 1.17 bits per heavy atom. The molecule has 4 rings (SSSR count). The number of ether oxygens (including phenoxy) is 5. The number of fused-ring (bicyclic) bond motifs is 1. The summed E-state index contributed by atoms with van der Waals surface area (Å²) in [5.74, 6) is 1.60. The van der Waals surface area contributed by atoms with Gasteiger partial charge in [-0.2, -0.15) is 0 Å². The summed E-state index contributed by atoms with van der Waals surface area (Å²) in [5.41, 5.74) is 1.81. The van der Waals surface area contributed by atoms with Crippen LogP contribution in [0.15, 0.2) is 35.7 Å².